The van der Waals surface area contributed by atoms with Crippen molar-refractivity contribution in [2.45, 2.75) is 30.9 Å². The highest BCUT2D eigenvalue weighted by atomic mass is 32.2. The highest BCUT2D eigenvalue weighted by Crippen LogP contribution is 2.43. The number of carbonyl (C=O) groups is 3. The number of ketones is 1. The van der Waals surface area contributed by atoms with Gasteiger partial charge in [0.2, 0.25) is 0 Å². The van der Waals surface area contributed by atoms with Crippen molar-refractivity contribution in [3.63, 3.8) is 0 Å². The number of nitrogens with one attached hydrogen (secondary N) is 2. The van der Waals surface area contributed by atoms with Crippen molar-refractivity contribution < 1.29 is 55.4 Å². The SMILES string of the molecule is CC(=O)Oc1ccc(C(=O)NCCOc2cc3cc(S(=O)(=O)NCP(=O)(O)Oc4ccc(C#N)c(F)c4)sc3cc2OCCCC(=O)c2ccc(C)cc2)cc1. The summed E-state index contributed by atoms with van der Waals surface area (Å²) >= 11 is 0.847. The van der Waals surface area contributed by atoms with Gasteiger partial charge in [-0.2, -0.15) is 9.98 Å². The molecular formula is C38H35FN3O11PS2. The number of amides is 1. The average Bonchev–Trinajstić information content (AvgIpc) is 3.58. The lowest BCUT2D eigenvalue weighted by Crippen LogP contribution is -2.28. The zero-order valence-electron chi connectivity index (χ0n) is 29.9. The molecule has 1 amide bonds. The van der Waals surface area contributed by atoms with Gasteiger partial charge in [0, 0.05) is 41.3 Å². The Morgan fingerprint density at radius 2 is 1.57 bits per heavy atom. The molecule has 0 radical (unpaired) electrons. The number of hydrogen-bond donors (Lipinski definition) is 3. The number of fused-ring (bicyclic) bond motifs is 1. The maximum atomic E-state index is 14.0. The predicted octanol–water partition coefficient (Wildman–Crippen LogP) is 6.50. The van der Waals surface area contributed by atoms with Gasteiger partial charge in [-0.3, -0.25) is 14.4 Å². The second-order valence-electron chi connectivity index (χ2n) is 12.2. The van der Waals surface area contributed by atoms with E-state index in [0.29, 0.717) is 33.4 Å². The molecule has 4 aromatic carbocycles. The Kier molecular flexibility index (Phi) is 13.6. The van der Waals surface area contributed by atoms with E-state index >= 15 is 0 Å². The number of sulfonamides is 1. The third-order valence-electron chi connectivity index (χ3n) is 7.79. The second kappa shape index (κ2) is 18.3. The first-order chi connectivity index (χ1) is 26.6. The van der Waals surface area contributed by atoms with Crippen molar-refractivity contribution in [1.29, 1.82) is 5.26 Å². The highest BCUT2D eigenvalue weighted by molar-refractivity contribution is 7.92. The summed E-state index contributed by atoms with van der Waals surface area (Å²) in [6.45, 7) is 3.36. The van der Waals surface area contributed by atoms with Crippen LogP contribution in [0.2, 0.25) is 0 Å². The van der Waals surface area contributed by atoms with Crippen LogP contribution in [0.3, 0.4) is 0 Å². The Morgan fingerprint density at radius 1 is 0.911 bits per heavy atom. The van der Waals surface area contributed by atoms with Crippen LogP contribution < -0.4 is 28.8 Å². The Bertz CT molecular complexity index is 2450. The van der Waals surface area contributed by atoms with E-state index in [1.54, 1.807) is 30.3 Å². The van der Waals surface area contributed by atoms with Crippen molar-refractivity contribution in [3.05, 3.63) is 113 Å². The van der Waals surface area contributed by atoms with Gasteiger partial charge in [0.15, 0.2) is 17.3 Å². The van der Waals surface area contributed by atoms with Crippen LogP contribution in [0.25, 0.3) is 10.1 Å². The van der Waals surface area contributed by atoms with Crippen LogP contribution in [0, 0.1) is 24.1 Å². The van der Waals surface area contributed by atoms with Crippen LogP contribution in [-0.2, 0) is 19.4 Å². The molecule has 292 valence electrons. The van der Waals surface area contributed by atoms with Gasteiger partial charge in [-0.1, -0.05) is 29.8 Å². The summed E-state index contributed by atoms with van der Waals surface area (Å²) in [7, 11) is -9.04. The monoisotopic (exact) mass is 823 g/mol. The fourth-order valence-corrected chi connectivity index (χ4v) is 8.98. The molecule has 14 nitrogen and oxygen atoms in total. The summed E-state index contributed by atoms with van der Waals surface area (Å²) < 4.78 is 77.3. The van der Waals surface area contributed by atoms with Gasteiger partial charge in [0.1, 0.15) is 40.5 Å². The Balaban J connectivity index is 1.27. The molecule has 3 N–H and O–H groups in total. The number of rotatable bonds is 18. The number of halogens is 1. The number of benzene rings is 4. The number of nitriles is 1. The normalized spacial score (nSPS) is 12.3. The summed E-state index contributed by atoms with van der Waals surface area (Å²) in [5, 5.41) is 12.0. The number of hydrogen-bond acceptors (Lipinski definition) is 12. The van der Waals surface area contributed by atoms with Gasteiger partial charge in [-0.05, 0) is 67.3 Å². The molecule has 1 atom stereocenters. The van der Waals surface area contributed by atoms with Gasteiger partial charge >= 0.3 is 13.6 Å². The zero-order chi connectivity index (χ0) is 40.5. The van der Waals surface area contributed by atoms with E-state index in [9.17, 15) is 36.7 Å². The van der Waals surface area contributed by atoms with Crippen LogP contribution in [0.15, 0.2) is 89.1 Å². The molecule has 1 unspecified atom stereocenters. The number of esters is 1. The molecule has 0 saturated heterocycles. The smallest absolute Gasteiger partial charge is 0.391 e. The summed E-state index contributed by atoms with van der Waals surface area (Å²) in [5.74, 6) is -1.55. The lowest BCUT2D eigenvalue weighted by Gasteiger charge is -2.14. The van der Waals surface area contributed by atoms with Crippen LogP contribution in [0.4, 0.5) is 4.39 Å². The minimum absolute atomic E-state index is 0.0170. The summed E-state index contributed by atoms with van der Waals surface area (Å²) in [5.41, 5.74) is 1.62. The van der Waals surface area contributed by atoms with E-state index in [2.05, 4.69) is 10.0 Å². The minimum atomic E-state index is -4.67. The fraction of sp³-hybridized carbons (Fsp3) is 0.211. The van der Waals surface area contributed by atoms with E-state index < -0.39 is 41.6 Å². The van der Waals surface area contributed by atoms with E-state index in [-0.39, 0.29) is 59.0 Å². The van der Waals surface area contributed by atoms with Gasteiger partial charge < -0.3 is 28.9 Å². The molecule has 0 aliphatic carbocycles. The maximum Gasteiger partial charge on any atom is 0.391 e. The average molecular weight is 824 g/mol. The van der Waals surface area contributed by atoms with Crippen LogP contribution in [0.5, 0.6) is 23.0 Å². The molecule has 0 fully saturated rings. The largest absolute Gasteiger partial charge is 0.490 e. The van der Waals surface area contributed by atoms with E-state index in [4.69, 9.17) is 24.0 Å². The molecule has 1 heterocycles. The number of thiophene rings is 1. The molecular weight excluding hydrogens is 789 g/mol. The lowest BCUT2D eigenvalue weighted by molar-refractivity contribution is -0.131. The number of aryl methyl sites for hydroxylation is 1. The molecule has 0 aliphatic heterocycles. The third-order valence-corrected chi connectivity index (χ3v) is 12.0. The molecule has 18 heteroatoms. The summed E-state index contributed by atoms with van der Waals surface area (Å²) in [6, 6.07) is 22.2. The first-order valence-corrected chi connectivity index (χ1v) is 20.9. The molecule has 0 aliphatic rings. The topological polar surface area (TPSA) is 207 Å². The Labute approximate surface area is 325 Å². The molecule has 0 spiro atoms. The van der Waals surface area contributed by atoms with E-state index in [1.807, 2.05) is 19.1 Å². The minimum Gasteiger partial charge on any atom is -0.490 e. The van der Waals surface area contributed by atoms with Crippen molar-refractivity contribution in [1.82, 2.24) is 10.0 Å². The zero-order valence-corrected chi connectivity index (χ0v) is 32.5. The van der Waals surface area contributed by atoms with E-state index in [0.717, 1.165) is 35.1 Å². The predicted molar refractivity (Wildman–Crippen MR) is 204 cm³/mol. The number of Topliss-reactive ketones (excluding diaryl/α,β-unsaturated/α-hetero) is 1. The summed E-state index contributed by atoms with van der Waals surface area (Å²) in [6.07, 6.45) is -0.471. The van der Waals surface area contributed by atoms with Gasteiger partial charge in [-0.15, -0.1) is 11.3 Å². The summed E-state index contributed by atoms with van der Waals surface area (Å²) in [4.78, 5) is 46.8. The molecule has 5 aromatic rings. The Morgan fingerprint density at radius 3 is 2.25 bits per heavy atom. The lowest BCUT2D eigenvalue weighted by atomic mass is 10.1. The molecule has 56 heavy (non-hydrogen) atoms. The second-order valence-corrected chi connectivity index (χ2v) is 17.0. The van der Waals surface area contributed by atoms with Crippen molar-refractivity contribution >= 4 is 56.7 Å². The highest BCUT2D eigenvalue weighted by Gasteiger charge is 2.27. The van der Waals surface area contributed by atoms with E-state index in [1.165, 1.54) is 37.3 Å². The Hall–Kier alpha value is -5.63. The molecule has 0 saturated carbocycles. The van der Waals surface area contributed by atoms with Gasteiger partial charge in [0.25, 0.3) is 15.9 Å². The first-order valence-electron chi connectivity index (χ1n) is 16.8. The van der Waals surface area contributed by atoms with Gasteiger partial charge in [-0.25, -0.2) is 17.4 Å². The molecule has 5 rings (SSSR count). The molecule has 1 aromatic heterocycles. The number of carbonyl (C=O) groups excluding carboxylic acids is 3. The van der Waals surface area contributed by atoms with Crippen LogP contribution in [-0.4, -0.2) is 57.0 Å². The fourth-order valence-electron chi connectivity index (χ4n) is 5.03. The molecule has 0 bridgehead atoms. The quantitative estimate of drug-likeness (QED) is 0.0285. The number of ether oxygens (including phenoxy) is 3. The van der Waals surface area contributed by atoms with Gasteiger partial charge in [0.05, 0.1) is 18.7 Å². The first kappa shape index (κ1) is 41.5. The third kappa shape index (κ3) is 11.4. The standard InChI is InChI=1S/C38H35FN3O11PS2/c1-24-5-7-26(8-6-24)33(44)4-3-16-50-35-21-36-29(18-34(35)51-17-15-41-38(45)27-9-12-30(13-10-27)52-25(2)43)19-37(55-36)56(48,49)42-23-54(46,47)53-31-14-11-28(22-40)32(39)20-31/h5-14,18-21,42H,3-4,15-17,23H2,1-2H3,(H,41,45)(H,46,47). The van der Waals surface area contributed by atoms with Crippen molar-refractivity contribution in [3.8, 4) is 29.1 Å². The maximum absolute atomic E-state index is 14.0. The van der Waals surface area contributed by atoms with Crippen molar-refractivity contribution in [2.75, 3.05) is 26.0 Å². The number of nitrogens with zero attached hydrogens (tertiary/aromatic N) is 1. The van der Waals surface area contributed by atoms with Crippen molar-refractivity contribution in [2.24, 2.45) is 0 Å². The van der Waals surface area contributed by atoms with Crippen LogP contribution >= 0.6 is 18.9 Å². The van der Waals surface area contributed by atoms with Crippen LogP contribution in [0.1, 0.15) is 51.6 Å².